The number of benzene rings is 2. The minimum Gasteiger partial charge on any atom is -0.480 e. The molecule has 0 bridgehead atoms. The van der Waals surface area contributed by atoms with Gasteiger partial charge in [-0.15, -0.1) is 0 Å². The van der Waals surface area contributed by atoms with Crippen LogP contribution in [0.5, 0.6) is 0 Å². The first-order valence-corrected chi connectivity index (χ1v) is 10.3. The zero-order valence-corrected chi connectivity index (χ0v) is 18.0. The molecule has 0 radical (unpaired) electrons. The minimum absolute atomic E-state index is 0.0502. The van der Waals surface area contributed by atoms with Crippen molar-refractivity contribution in [1.29, 1.82) is 0 Å². The standard InChI is InChI=1S/C23H26N4O5/c1-23(14-31-2,11-12-25-27-24)20(21(28)29)26-22(30)32-13-19-17-9-5-3-7-15(17)16-8-4-6-10-18(16)19/h3-10,19-20H,11-14H2,1-2H3,(H,26,30)(H,28,29)/t20-,23+/m0/s1. The molecule has 32 heavy (non-hydrogen) atoms. The number of nitrogens with zero attached hydrogens (tertiary/aromatic N) is 3. The lowest BCUT2D eigenvalue weighted by Gasteiger charge is -2.34. The highest BCUT2D eigenvalue weighted by molar-refractivity contribution is 5.81. The summed E-state index contributed by atoms with van der Waals surface area (Å²) < 4.78 is 10.7. The number of aliphatic carboxylic acids is 1. The molecule has 9 nitrogen and oxygen atoms in total. The molecule has 0 unspecified atom stereocenters. The van der Waals surface area contributed by atoms with Gasteiger partial charge in [0.15, 0.2) is 0 Å². The van der Waals surface area contributed by atoms with Gasteiger partial charge in [0.2, 0.25) is 0 Å². The molecule has 0 aliphatic heterocycles. The van der Waals surface area contributed by atoms with Crippen LogP contribution < -0.4 is 5.32 Å². The highest BCUT2D eigenvalue weighted by Crippen LogP contribution is 2.44. The van der Waals surface area contributed by atoms with Gasteiger partial charge in [0.1, 0.15) is 12.6 Å². The molecule has 0 saturated heterocycles. The fraction of sp³-hybridized carbons (Fsp3) is 0.391. The fourth-order valence-electron chi connectivity index (χ4n) is 4.27. The summed E-state index contributed by atoms with van der Waals surface area (Å²) in [5, 5.41) is 15.7. The van der Waals surface area contributed by atoms with Crippen LogP contribution in [0.25, 0.3) is 21.6 Å². The van der Waals surface area contributed by atoms with Gasteiger partial charge in [-0.1, -0.05) is 60.6 Å². The predicted molar refractivity (Wildman–Crippen MR) is 118 cm³/mol. The molecule has 0 heterocycles. The van der Waals surface area contributed by atoms with Crippen molar-refractivity contribution in [2.24, 2.45) is 10.5 Å². The second kappa shape index (κ2) is 10.2. The van der Waals surface area contributed by atoms with E-state index in [9.17, 15) is 14.7 Å². The van der Waals surface area contributed by atoms with Gasteiger partial charge in [0.25, 0.3) is 0 Å². The Kier molecular flexibility index (Phi) is 7.35. The molecule has 2 N–H and O–H groups in total. The molecule has 0 spiro atoms. The van der Waals surface area contributed by atoms with Crippen LogP contribution in [0.3, 0.4) is 0 Å². The van der Waals surface area contributed by atoms with Crippen molar-refractivity contribution in [2.45, 2.75) is 25.3 Å². The van der Waals surface area contributed by atoms with E-state index in [2.05, 4.69) is 15.3 Å². The Morgan fingerprint density at radius 1 is 1.19 bits per heavy atom. The van der Waals surface area contributed by atoms with Crippen LogP contribution in [0.15, 0.2) is 53.6 Å². The van der Waals surface area contributed by atoms with Gasteiger partial charge in [0.05, 0.1) is 6.61 Å². The molecular weight excluding hydrogens is 412 g/mol. The summed E-state index contributed by atoms with van der Waals surface area (Å²) >= 11 is 0. The van der Waals surface area contributed by atoms with E-state index in [-0.39, 0.29) is 32.1 Å². The first-order valence-electron chi connectivity index (χ1n) is 10.3. The van der Waals surface area contributed by atoms with Gasteiger partial charge in [-0.25, -0.2) is 9.59 Å². The minimum atomic E-state index is -1.29. The van der Waals surface area contributed by atoms with E-state index in [1.807, 2.05) is 48.5 Å². The normalized spacial score (nSPS) is 14.9. The topological polar surface area (TPSA) is 134 Å². The number of amides is 1. The Hall–Kier alpha value is -3.55. The third-order valence-corrected chi connectivity index (χ3v) is 5.87. The zero-order valence-electron chi connectivity index (χ0n) is 18.0. The molecule has 2 atom stereocenters. The SMILES string of the molecule is COC[C@@](C)(CCN=[N+]=[N-])[C@@H](NC(=O)OCC1c2ccccc2-c2ccccc21)C(=O)O. The maximum Gasteiger partial charge on any atom is 0.407 e. The predicted octanol–water partition coefficient (Wildman–Crippen LogP) is 4.33. The van der Waals surface area contributed by atoms with E-state index in [0.29, 0.717) is 0 Å². The van der Waals surface area contributed by atoms with Crippen LogP contribution in [0.4, 0.5) is 4.79 Å². The number of fused-ring (bicyclic) bond motifs is 3. The second-order valence-corrected chi connectivity index (χ2v) is 8.03. The molecule has 3 rings (SSSR count). The number of ether oxygens (including phenoxy) is 2. The van der Waals surface area contributed by atoms with Crippen LogP contribution >= 0.6 is 0 Å². The third kappa shape index (κ3) is 4.85. The van der Waals surface area contributed by atoms with Crippen molar-refractivity contribution in [3.63, 3.8) is 0 Å². The van der Waals surface area contributed by atoms with Crippen molar-refractivity contribution in [1.82, 2.24) is 5.32 Å². The number of carboxylic acid groups (broad SMARTS) is 1. The molecule has 1 aliphatic carbocycles. The van der Waals surface area contributed by atoms with Gasteiger partial charge in [-0.05, 0) is 34.2 Å². The van der Waals surface area contributed by atoms with E-state index in [0.717, 1.165) is 22.3 Å². The number of methoxy groups -OCH3 is 1. The highest BCUT2D eigenvalue weighted by atomic mass is 16.5. The van der Waals surface area contributed by atoms with Crippen molar-refractivity contribution >= 4 is 12.1 Å². The highest BCUT2D eigenvalue weighted by Gasteiger charge is 2.41. The molecule has 0 fully saturated rings. The van der Waals surface area contributed by atoms with Crippen LogP contribution in [0.2, 0.25) is 0 Å². The molecule has 1 aliphatic rings. The lowest BCUT2D eigenvalue weighted by Crippen LogP contribution is -2.53. The van der Waals surface area contributed by atoms with Crippen molar-refractivity contribution in [3.05, 3.63) is 70.1 Å². The van der Waals surface area contributed by atoms with Crippen molar-refractivity contribution in [2.75, 3.05) is 26.9 Å². The number of alkyl carbamates (subject to hydrolysis) is 1. The lowest BCUT2D eigenvalue weighted by atomic mass is 9.79. The number of azide groups is 1. The number of carboxylic acids is 1. The van der Waals surface area contributed by atoms with E-state index >= 15 is 0 Å². The molecule has 0 aromatic heterocycles. The third-order valence-electron chi connectivity index (χ3n) is 5.87. The number of hydrogen-bond acceptors (Lipinski definition) is 5. The Balaban J connectivity index is 1.72. The summed E-state index contributed by atoms with van der Waals surface area (Å²) in [5.74, 6) is -1.36. The molecule has 168 valence electrons. The van der Waals surface area contributed by atoms with Crippen LogP contribution in [0.1, 0.15) is 30.4 Å². The van der Waals surface area contributed by atoms with Crippen LogP contribution in [-0.2, 0) is 14.3 Å². The number of carbonyl (C=O) groups excluding carboxylic acids is 1. The van der Waals surface area contributed by atoms with Gasteiger partial charge < -0.3 is 19.9 Å². The Morgan fingerprint density at radius 2 is 1.78 bits per heavy atom. The molecule has 9 heteroatoms. The molecule has 0 saturated carbocycles. The Morgan fingerprint density at radius 3 is 2.31 bits per heavy atom. The number of carbonyl (C=O) groups is 2. The molecule has 2 aromatic rings. The molecule has 1 amide bonds. The average molecular weight is 438 g/mol. The largest absolute Gasteiger partial charge is 0.480 e. The summed E-state index contributed by atoms with van der Waals surface area (Å²) in [6.45, 7) is 1.86. The first kappa shape index (κ1) is 23.1. The summed E-state index contributed by atoms with van der Waals surface area (Å²) in [7, 11) is 1.44. The fourth-order valence-corrected chi connectivity index (χ4v) is 4.27. The maximum atomic E-state index is 12.6. The number of nitrogens with one attached hydrogen (secondary N) is 1. The summed E-state index contributed by atoms with van der Waals surface area (Å²) in [6.07, 6.45) is -0.615. The monoisotopic (exact) mass is 438 g/mol. The Bertz CT molecular complexity index is 991. The van der Waals surface area contributed by atoms with Gasteiger partial charge in [-0.2, -0.15) is 0 Å². The van der Waals surface area contributed by atoms with E-state index in [4.69, 9.17) is 15.0 Å². The number of rotatable bonds is 10. The first-order chi connectivity index (χ1) is 15.4. The van der Waals surface area contributed by atoms with E-state index in [1.165, 1.54) is 7.11 Å². The second-order valence-electron chi connectivity index (χ2n) is 8.03. The Labute approximate surface area is 186 Å². The smallest absolute Gasteiger partial charge is 0.407 e. The lowest BCUT2D eigenvalue weighted by molar-refractivity contribution is -0.144. The van der Waals surface area contributed by atoms with Gasteiger partial charge in [0, 0.05) is 29.9 Å². The zero-order chi connectivity index (χ0) is 23.1. The van der Waals surface area contributed by atoms with Crippen molar-refractivity contribution < 1.29 is 24.2 Å². The average Bonchev–Trinajstić information content (AvgIpc) is 3.10. The van der Waals surface area contributed by atoms with Crippen molar-refractivity contribution in [3.8, 4) is 11.1 Å². The van der Waals surface area contributed by atoms with Crippen LogP contribution in [-0.4, -0.2) is 50.1 Å². The summed E-state index contributed by atoms with van der Waals surface area (Å²) in [5.41, 5.74) is 11.9. The van der Waals surface area contributed by atoms with Gasteiger partial charge in [-0.3, -0.25) is 0 Å². The molecular formula is C23H26N4O5. The van der Waals surface area contributed by atoms with Crippen LogP contribution in [0, 0.1) is 5.41 Å². The maximum absolute atomic E-state index is 12.6. The summed E-state index contributed by atoms with van der Waals surface area (Å²) in [6, 6.07) is 14.6. The van der Waals surface area contributed by atoms with E-state index < -0.39 is 23.5 Å². The van der Waals surface area contributed by atoms with Gasteiger partial charge >= 0.3 is 12.1 Å². The van der Waals surface area contributed by atoms with E-state index in [1.54, 1.807) is 6.92 Å². The summed E-state index contributed by atoms with van der Waals surface area (Å²) in [4.78, 5) is 27.2. The molecule has 2 aromatic carbocycles. The number of hydrogen-bond donors (Lipinski definition) is 2. The quantitative estimate of drug-likeness (QED) is 0.323.